The Labute approximate surface area is 109 Å². The summed E-state index contributed by atoms with van der Waals surface area (Å²) < 4.78 is 0. The molecule has 18 heavy (non-hydrogen) atoms. The summed E-state index contributed by atoms with van der Waals surface area (Å²) in [6.07, 6.45) is 3.66. The Kier molecular flexibility index (Phi) is 4.76. The molecule has 0 radical (unpaired) electrons. The van der Waals surface area contributed by atoms with Gasteiger partial charge in [0.25, 0.3) is 5.91 Å². The van der Waals surface area contributed by atoms with Gasteiger partial charge in [-0.3, -0.25) is 4.79 Å². The molecule has 3 nitrogen and oxygen atoms in total. The minimum Gasteiger partial charge on any atom is -0.354 e. The van der Waals surface area contributed by atoms with Gasteiger partial charge < -0.3 is 10.2 Å². The molecule has 1 aliphatic rings. The number of hydrogen-bond donors (Lipinski definition) is 2. The summed E-state index contributed by atoms with van der Waals surface area (Å²) in [6.45, 7) is 2.89. The maximum Gasteiger partial charge on any atom is 0.274 e. The molecule has 1 aromatic carbocycles. The Morgan fingerprint density at radius 3 is 2.56 bits per heavy atom. The molecule has 2 rings (SSSR count). The molecule has 3 heteroatoms. The first-order valence-electron chi connectivity index (χ1n) is 6.86. The molecule has 0 unspecified atom stereocenters. The van der Waals surface area contributed by atoms with Crippen LogP contribution in [0.4, 0.5) is 0 Å². The summed E-state index contributed by atoms with van der Waals surface area (Å²) in [5, 5.41) is 2.70. The number of likely N-dealkylation sites (N-methyl/N-ethyl adjacent to an activating group) is 1. The molecule has 0 bridgehead atoms. The van der Waals surface area contributed by atoms with Gasteiger partial charge in [-0.15, -0.1) is 0 Å². The third-order valence-corrected chi connectivity index (χ3v) is 3.87. The number of amides is 1. The van der Waals surface area contributed by atoms with Gasteiger partial charge >= 0.3 is 0 Å². The predicted molar refractivity (Wildman–Crippen MR) is 72.5 cm³/mol. The van der Waals surface area contributed by atoms with Gasteiger partial charge in [-0.1, -0.05) is 30.3 Å². The zero-order valence-corrected chi connectivity index (χ0v) is 11.1. The number of carbonyl (C=O) groups excluding carboxylic acids is 1. The van der Waals surface area contributed by atoms with Gasteiger partial charge in [0.1, 0.15) is 0 Å². The third kappa shape index (κ3) is 3.84. The van der Waals surface area contributed by atoms with Crippen molar-refractivity contribution in [3.63, 3.8) is 0 Å². The molecule has 0 aliphatic carbocycles. The van der Waals surface area contributed by atoms with Crippen LogP contribution < -0.4 is 10.2 Å². The fourth-order valence-electron chi connectivity index (χ4n) is 2.73. The zero-order valence-electron chi connectivity index (χ0n) is 11.1. The summed E-state index contributed by atoms with van der Waals surface area (Å²) in [7, 11) is 1.71. The average Bonchev–Trinajstić information content (AvgIpc) is 2.42. The van der Waals surface area contributed by atoms with Gasteiger partial charge in [0.05, 0.1) is 13.1 Å². The van der Waals surface area contributed by atoms with Gasteiger partial charge in [0, 0.05) is 7.05 Å². The molecular weight excluding hydrogens is 224 g/mol. The van der Waals surface area contributed by atoms with Crippen molar-refractivity contribution in [3.05, 3.63) is 35.9 Å². The Bertz CT molecular complexity index is 369. The number of rotatable bonds is 4. The van der Waals surface area contributed by atoms with Crippen LogP contribution in [0, 0.1) is 5.92 Å². The maximum atomic E-state index is 11.3. The Morgan fingerprint density at radius 1 is 1.28 bits per heavy atom. The lowest BCUT2D eigenvalue weighted by Gasteiger charge is -2.28. The monoisotopic (exact) mass is 247 g/mol. The third-order valence-electron chi connectivity index (χ3n) is 3.87. The molecule has 0 spiro atoms. The highest BCUT2D eigenvalue weighted by Gasteiger charge is 2.23. The second kappa shape index (κ2) is 6.55. The molecule has 1 aromatic rings. The second-order valence-corrected chi connectivity index (χ2v) is 5.23. The number of hydrogen-bond acceptors (Lipinski definition) is 1. The van der Waals surface area contributed by atoms with Crippen LogP contribution in [0.3, 0.4) is 0 Å². The van der Waals surface area contributed by atoms with E-state index in [4.69, 9.17) is 0 Å². The normalized spacial score (nSPS) is 23.6. The molecule has 1 saturated heterocycles. The van der Waals surface area contributed by atoms with Crippen LogP contribution in [0.2, 0.25) is 0 Å². The highest BCUT2D eigenvalue weighted by atomic mass is 16.1. The smallest absolute Gasteiger partial charge is 0.274 e. The van der Waals surface area contributed by atoms with E-state index in [2.05, 4.69) is 35.6 Å². The van der Waals surface area contributed by atoms with Crippen molar-refractivity contribution in [1.29, 1.82) is 0 Å². The molecule has 1 heterocycles. The van der Waals surface area contributed by atoms with Crippen LogP contribution in [-0.4, -0.2) is 32.6 Å². The molecule has 0 saturated carbocycles. The van der Waals surface area contributed by atoms with E-state index in [1.54, 1.807) is 7.05 Å². The standard InChI is InChI=1S/C15H22N2O/c1-16-15(18)12-17-9-7-14(8-10-17)11-13-5-3-2-4-6-13/h2-6,14H,7-12H2,1H3,(H,16,18)/p+1. The first kappa shape index (κ1) is 13.1. The summed E-state index contributed by atoms with van der Waals surface area (Å²) in [5.41, 5.74) is 1.44. The first-order chi connectivity index (χ1) is 8.78. The van der Waals surface area contributed by atoms with Crippen LogP contribution in [0.1, 0.15) is 18.4 Å². The fourth-order valence-corrected chi connectivity index (χ4v) is 2.73. The lowest BCUT2D eigenvalue weighted by Crippen LogP contribution is -3.14. The number of carbonyl (C=O) groups is 1. The molecule has 1 fully saturated rings. The molecular formula is C15H23N2O+. The number of benzene rings is 1. The largest absolute Gasteiger partial charge is 0.354 e. The van der Waals surface area contributed by atoms with Crippen molar-refractivity contribution >= 4 is 5.91 Å². The van der Waals surface area contributed by atoms with E-state index in [1.807, 2.05) is 0 Å². The molecule has 2 N–H and O–H groups in total. The van der Waals surface area contributed by atoms with E-state index in [1.165, 1.54) is 29.7 Å². The van der Waals surface area contributed by atoms with Crippen molar-refractivity contribution in [2.24, 2.45) is 5.92 Å². The van der Waals surface area contributed by atoms with Crippen molar-refractivity contribution < 1.29 is 9.69 Å². The maximum absolute atomic E-state index is 11.3. The van der Waals surface area contributed by atoms with E-state index in [-0.39, 0.29) is 5.91 Å². The van der Waals surface area contributed by atoms with Crippen molar-refractivity contribution in [2.45, 2.75) is 19.3 Å². The topological polar surface area (TPSA) is 33.5 Å². The number of piperidine rings is 1. The minimum absolute atomic E-state index is 0.159. The number of nitrogens with one attached hydrogen (secondary N) is 2. The van der Waals surface area contributed by atoms with Crippen molar-refractivity contribution in [1.82, 2.24) is 5.32 Å². The SMILES string of the molecule is CNC(=O)C[NH+]1CCC(Cc2ccccc2)CC1. The van der Waals surface area contributed by atoms with Crippen LogP contribution in [-0.2, 0) is 11.2 Å². The fraction of sp³-hybridized carbons (Fsp3) is 0.533. The van der Waals surface area contributed by atoms with E-state index >= 15 is 0 Å². The van der Waals surface area contributed by atoms with Gasteiger partial charge in [-0.2, -0.15) is 0 Å². The van der Waals surface area contributed by atoms with Crippen molar-refractivity contribution in [3.8, 4) is 0 Å². The Hall–Kier alpha value is -1.35. The Balaban J connectivity index is 1.75. The first-order valence-corrected chi connectivity index (χ1v) is 6.86. The predicted octanol–water partition coefficient (Wildman–Crippen LogP) is 0.270. The lowest BCUT2D eigenvalue weighted by molar-refractivity contribution is -0.898. The van der Waals surface area contributed by atoms with Gasteiger partial charge in [0.2, 0.25) is 0 Å². The summed E-state index contributed by atoms with van der Waals surface area (Å²) in [5.74, 6) is 0.951. The van der Waals surface area contributed by atoms with Crippen molar-refractivity contribution in [2.75, 3.05) is 26.7 Å². The molecule has 1 aliphatic heterocycles. The van der Waals surface area contributed by atoms with E-state index in [9.17, 15) is 4.79 Å². The molecule has 1 amide bonds. The van der Waals surface area contributed by atoms with Gasteiger partial charge in [-0.25, -0.2) is 0 Å². The van der Waals surface area contributed by atoms with E-state index < -0.39 is 0 Å². The quantitative estimate of drug-likeness (QED) is 0.787. The van der Waals surface area contributed by atoms with E-state index in [0.29, 0.717) is 6.54 Å². The van der Waals surface area contributed by atoms with Crippen LogP contribution in [0.15, 0.2) is 30.3 Å². The van der Waals surface area contributed by atoms with Crippen LogP contribution in [0.25, 0.3) is 0 Å². The average molecular weight is 247 g/mol. The van der Waals surface area contributed by atoms with Crippen LogP contribution in [0.5, 0.6) is 0 Å². The molecule has 0 atom stereocenters. The summed E-state index contributed by atoms with van der Waals surface area (Å²) in [6, 6.07) is 10.7. The zero-order chi connectivity index (χ0) is 12.8. The highest BCUT2D eigenvalue weighted by Crippen LogP contribution is 2.16. The molecule has 0 aromatic heterocycles. The Morgan fingerprint density at radius 2 is 1.94 bits per heavy atom. The number of likely N-dealkylation sites (tertiary alicyclic amines) is 1. The van der Waals surface area contributed by atoms with Crippen LogP contribution >= 0.6 is 0 Å². The molecule has 98 valence electrons. The summed E-state index contributed by atoms with van der Waals surface area (Å²) >= 11 is 0. The van der Waals surface area contributed by atoms with Gasteiger partial charge in [0.15, 0.2) is 6.54 Å². The van der Waals surface area contributed by atoms with Gasteiger partial charge in [-0.05, 0) is 30.7 Å². The second-order valence-electron chi connectivity index (χ2n) is 5.23. The van der Waals surface area contributed by atoms with E-state index in [0.717, 1.165) is 19.0 Å². The minimum atomic E-state index is 0.159. The number of quaternary nitrogens is 1. The highest BCUT2D eigenvalue weighted by molar-refractivity contribution is 5.76. The summed E-state index contributed by atoms with van der Waals surface area (Å²) in [4.78, 5) is 12.7. The lowest BCUT2D eigenvalue weighted by atomic mass is 9.90.